The Bertz CT molecular complexity index is 352. The van der Waals surface area contributed by atoms with Gasteiger partial charge in [0.1, 0.15) is 0 Å². The summed E-state index contributed by atoms with van der Waals surface area (Å²) in [6.45, 7) is 5.40. The molecule has 0 atom stereocenters. The topological polar surface area (TPSA) is 55.1 Å². The zero-order chi connectivity index (χ0) is 12.7. The van der Waals surface area contributed by atoms with Crippen LogP contribution < -0.4 is 11.1 Å². The minimum absolute atomic E-state index is 0. The number of nitrogens with two attached hydrogens (primary N) is 1. The van der Waals surface area contributed by atoms with Gasteiger partial charge in [-0.05, 0) is 17.4 Å². The molecule has 0 heterocycles. The van der Waals surface area contributed by atoms with Crippen molar-refractivity contribution in [3.63, 3.8) is 0 Å². The van der Waals surface area contributed by atoms with Crippen molar-refractivity contribution in [1.29, 1.82) is 0 Å². The molecule has 0 unspecified atom stereocenters. The van der Waals surface area contributed by atoms with Gasteiger partial charge in [0.25, 0.3) is 0 Å². The van der Waals surface area contributed by atoms with E-state index in [2.05, 4.69) is 31.3 Å². The molecular formula is C14H23ClN2O. The van der Waals surface area contributed by atoms with Crippen LogP contribution in [0.5, 0.6) is 0 Å². The highest BCUT2D eigenvalue weighted by Gasteiger charge is 2.19. The second-order valence-corrected chi connectivity index (χ2v) is 5.14. The Morgan fingerprint density at radius 2 is 1.89 bits per heavy atom. The molecule has 102 valence electrons. The number of carbonyl (C=O) groups is 1. The van der Waals surface area contributed by atoms with Crippen LogP contribution in [-0.2, 0) is 11.2 Å². The van der Waals surface area contributed by atoms with Crippen LogP contribution in [0.4, 0.5) is 0 Å². The molecular weight excluding hydrogens is 248 g/mol. The highest BCUT2D eigenvalue weighted by molar-refractivity contribution is 5.85. The SMILES string of the molecule is CC(C)(CNC(=O)CCN)Cc1ccccc1.Cl. The molecule has 3 N–H and O–H groups in total. The average Bonchev–Trinajstić information content (AvgIpc) is 2.28. The summed E-state index contributed by atoms with van der Waals surface area (Å²) in [6.07, 6.45) is 1.36. The number of amides is 1. The van der Waals surface area contributed by atoms with E-state index < -0.39 is 0 Å². The largest absolute Gasteiger partial charge is 0.356 e. The van der Waals surface area contributed by atoms with Crippen LogP contribution in [-0.4, -0.2) is 19.0 Å². The highest BCUT2D eigenvalue weighted by Crippen LogP contribution is 2.20. The van der Waals surface area contributed by atoms with Crippen molar-refractivity contribution in [2.75, 3.05) is 13.1 Å². The maximum absolute atomic E-state index is 11.4. The predicted molar refractivity (Wildman–Crippen MR) is 77.9 cm³/mol. The van der Waals surface area contributed by atoms with Crippen molar-refractivity contribution in [1.82, 2.24) is 5.32 Å². The second kappa shape index (κ2) is 8.11. The third kappa shape index (κ3) is 6.62. The Hall–Kier alpha value is -1.06. The fraction of sp³-hybridized carbons (Fsp3) is 0.500. The first kappa shape index (κ1) is 16.9. The van der Waals surface area contributed by atoms with E-state index in [4.69, 9.17) is 5.73 Å². The molecule has 0 saturated carbocycles. The van der Waals surface area contributed by atoms with Gasteiger partial charge in [-0.2, -0.15) is 0 Å². The molecule has 0 fully saturated rings. The Morgan fingerprint density at radius 1 is 1.28 bits per heavy atom. The summed E-state index contributed by atoms with van der Waals surface area (Å²) in [6, 6.07) is 10.3. The Morgan fingerprint density at radius 3 is 2.44 bits per heavy atom. The molecule has 0 spiro atoms. The fourth-order valence-corrected chi connectivity index (χ4v) is 1.77. The highest BCUT2D eigenvalue weighted by atomic mass is 35.5. The third-order valence-corrected chi connectivity index (χ3v) is 2.66. The zero-order valence-electron chi connectivity index (χ0n) is 11.1. The van der Waals surface area contributed by atoms with Gasteiger partial charge in [0.15, 0.2) is 0 Å². The molecule has 1 amide bonds. The Balaban J connectivity index is 0.00000289. The van der Waals surface area contributed by atoms with Crippen molar-refractivity contribution >= 4 is 18.3 Å². The summed E-state index contributed by atoms with van der Waals surface area (Å²) >= 11 is 0. The summed E-state index contributed by atoms with van der Waals surface area (Å²) in [5, 5.41) is 2.93. The fourth-order valence-electron chi connectivity index (χ4n) is 1.77. The summed E-state index contributed by atoms with van der Waals surface area (Å²) in [4.78, 5) is 11.4. The van der Waals surface area contributed by atoms with E-state index in [-0.39, 0.29) is 23.7 Å². The van der Waals surface area contributed by atoms with Crippen LogP contribution in [0, 0.1) is 5.41 Å². The lowest BCUT2D eigenvalue weighted by Gasteiger charge is -2.25. The summed E-state index contributed by atoms with van der Waals surface area (Å²) in [5.74, 6) is 0.0358. The maximum Gasteiger partial charge on any atom is 0.221 e. The van der Waals surface area contributed by atoms with E-state index in [0.717, 1.165) is 6.42 Å². The number of rotatable bonds is 6. The molecule has 0 aliphatic carbocycles. The standard InChI is InChI=1S/C14H22N2O.ClH/c1-14(2,11-16-13(17)8-9-15)10-12-6-4-3-5-7-12;/h3-7H,8-11,15H2,1-2H3,(H,16,17);1H. The second-order valence-electron chi connectivity index (χ2n) is 5.14. The molecule has 1 aromatic carbocycles. The maximum atomic E-state index is 11.4. The van der Waals surface area contributed by atoms with E-state index in [0.29, 0.717) is 19.5 Å². The van der Waals surface area contributed by atoms with Crippen molar-refractivity contribution in [3.8, 4) is 0 Å². The number of halogens is 1. The molecule has 0 aliphatic heterocycles. The van der Waals surface area contributed by atoms with Crippen LogP contribution in [0.3, 0.4) is 0 Å². The molecule has 0 radical (unpaired) electrons. The molecule has 1 rings (SSSR count). The van der Waals surface area contributed by atoms with Gasteiger partial charge in [-0.25, -0.2) is 0 Å². The monoisotopic (exact) mass is 270 g/mol. The lowest BCUT2D eigenvalue weighted by molar-refractivity contribution is -0.121. The van der Waals surface area contributed by atoms with Gasteiger partial charge in [0.05, 0.1) is 0 Å². The normalized spacial score (nSPS) is 10.6. The van der Waals surface area contributed by atoms with Crippen LogP contribution in [0.25, 0.3) is 0 Å². The summed E-state index contributed by atoms with van der Waals surface area (Å²) in [5.41, 5.74) is 6.69. The minimum atomic E-state index is 0. The van der Waals surface area contributed by atoms with E-state index in [9.17, 15) is 4.79 Å². The molecule has 0 aromatic heterocycles. The first-order valence-corrected chi connectivity index (χ1v) is 6.04. The average molecular weight is 271 g/mol. The number of hydrogen-bond acceptors (Lipinski definition) is 2. The first-order chi connectivity index (χ1) is 8.03. The smallest absolute Gasteiger partial charge is 0.221 e. The zero-order valence-corrected chi connectivity index (χ0v) is 11.9. The van der Waals surface area contributed by atoms with E-state index in [1.165, 1.54) is 5.56 Å². The lowest BCUT2D eigenvalue weighted by atomic mass is 9.85. The molecule has 18 heavy (non-hydrogen) atoms. The molecule has 1 aromatic rings. The summed E-state index contributed by atoms with van der Waals surface area (Å²) in [7, 11) is 0. The van der Waals surface area contributed by atoms with Crippen LogP contribution in [0.1, 0.15) is 25.8 Å². The van der Waals surface area contributed by atoms with Crippen LogP contribution in [0.15, 0.2) is 30.3 Å². The van der Waals surface area contributed by atoms with E-state index >= 15 is 0 Å². The number of nitrogens with one attached hydrogen (secondary N) is 1. The molecule has 0 bridgehead atoms. The van der Waals surface area contributed by atoms with Crippen molar-refractivity contribution in [2.45, 2.75) is 26.7 Å². The van der Waals surface area contributed by atoms with Gasteiger partial charge >= 0.3 is 0 Å². The number of benzene rings is 1. The van der Waals surface area contributed by atoms with Crippen LogP contribution >= 0.6 is 12.4 Å². The Kier molecular flexibility index (Phi) is 7.64. The number of hydrogen-bond donors (Lipinski definition) is 2. The van der Waals surface area contributed by atoms with Gasteiger partial charge in [-0.15, -0.1) is 12.4 Å². The first-order valence-electron chi connectivity index (χ1n) is 6.04. The minimum Gasteiger partial charge on any atom is -0.356 e. The quantitative estimate of drug-likeness (QED) is 0.832. The van der Waals surface area contributed by atoms with Gasteiger partial charge in [-0.1, -0.05) is 44.2 Å². The molecule has 4 heteroatoms. The van der Waals surface area contributed by atoms with Gasteiger partial charge in [0.2, 0.25) is 5.91 Å². The van der Waals surface area contributed by atoms with Gasteiger partial charge < -0.3 is 11.1 Å². The third-order valence-electron chi connectivity index (χ3n) is 2.66. The molecule has 3 nitrogen and oxygen atoms in total. The van der Waals surface area contributed by atoms with Crippen molar-refractivity contribution in [3.05, 3.63) is 35.9 Å². The molecule has 0 aliphatic rings. The summed E-state index contributed by atoms with van der Waals surface area (Å²) < 4.78 is 0. The number of carbonyl (C=O) groups excluding carboxylic acids is 1. The Labute approximate surface area is 116 Å². The van der Waals surface area contributed by atoms with Gasteiger partial charge in [0, 0.05) is 19.5 Å². The molecule has 0 saturated heterocycles. The van der Waals surface area contributed by atoms with Crippen LogP contribution in [0.2, 0.25) is 0 Å². The lowest BCUT2D eigenvalue weighted by Crippen LogP contribution is -2.36. The van der Waals surface area contributed by atoms with Crippen molar-refractivity contribution < 1.29 is 4.79 Å². The van der Waals surface area contributed by atoms with E-state index in [1.807, 2.05) is 18.2 Å². The predicted octanol–water partition coefficient (Wildman–Crippen LogP) is 2.14. The van der Waals surface area contributed by atoms with Gasteiger partial charge in [-0.3, -0.25) is 4.79 Å². The van der Waals surface area contributed by atoms with Crippen molar-refractivity contribution in [2.24, 2.45) is 11.1 Å². The van der Waals surface area contributed by atoms with E-state index in [1.54, 1.807) is 0 Å².